The van der Waals surface area contributed by atoms with E-state index in [4.69, 9.17) is 0 Å². The first-order valence-electron chi connectivity index (χ1n) is 7.84. The molecule has 0 atom stereocenters. The lowest BCUT2D eigenvalue weighted by atomic mass is 10.0. The molecule has 1 aromatic carbocycles. The van der Waals surface area contributed by atoms with Crippen molar-refractivity contribution in [2.75, 3.05) is 16.6 Å². The highest BCUT2D eigenvalue weighted by atomic mass is 32.2. The van der Waals surface area contributed by atoms with Crippen LogP contribution in [0.1, 0.15) is 39.2 Å². The van der Waals surface area contributed by atoms with Gasteiger partial charge in [-0.1, -0.05) is 19.1 Å². The summed E-state index contributed by atoms with van der Waals surface area (Å²) >= 11 is 0. The standard InChI is InChI=1S/C17H24N2O3S/c1-4-17(2,3)18-16(20)11-8-14-6-9-15(10-7-14)19-12-5-13-23(19,21)22/h6-11H,4-5,12-13H2,1-3H3,(H,18,20)/b11-8+. The van der Waals surface area contributed by atoms with Crippen LogP contribution < -0.4 is 9.62 Å². The summed E-state index contributed by atoms with van der Waals surface area (Å²) in [6, 6.07) is 7.18. The summed E-state index contributed by atoms with van der Waals surface area (Å²) in [6.45, 7) is 6.51. The van der Waals surface area contributed by atoms with Gasteiger partial charge in [0, 0.05) is 18.2 Å². The van der Waals surface area contributed by atoms with Gasteiger partial charge in [0.1, 0.15) is 0 Å². The molecule has 126 valence electrons. The molecule has 1 saturated heterocycles. The van der Waals surface area contributed by atoms with Crippen LogP contribution in [0.25, 0.3) is 6.08 Å². The largest absolute Gasteiger partial charge is 0.348 e. The van der Waals surface area contributed by atoms with E-state index >= 15 is 0 Å². The number of benzene rings is 1. The Morgan fingerprint density at radius 2 is 1.96 bits per heavy atom. The van der Waals surface area contributed by atoms with Gasteiger partial charge in [0.25, 0.3) is 0 Å². The van der Waals surface area contributed by atoms with E-state index < -0.39 is 10.0 Å². The van der Waals surface area contributed by atoms with Crippen molar-refractivity contribution in [1.29, 1.82) is 0 Å². The van der Waals surface area contributed by atoms with Gasteiger partial charge >= 0.3 is 0 Å². The number of anilines is 1. The van der Waals surface area contributed by atoms with Crippen molar-refractivity contribution in [3.05, 3.63) is 35.9 Å². The van der Waals surface area contributed by atoms with Crippen molar-refractivity contribution in [1.82, 2.24) is 5.32 Å². The van der Waals surface area contributed by atoms with Crippen molar-refractivity contribution in [2.24, 2.45) is 0 Å². The van der Waals surface area contributed by atoms with Gasteiger partial charge < -0.3 is 5.32 Å². The summed E-state index contributed by atoms with van der Waals surface area (Å²) in [5.41, 5.74) is 1.31. The zero-order chi connectivity index (χ0) is 17.1. The number of hydrogen-bond acceptors (Lipinski definition) is 3. The lowest BCUT2D eigenvalue weighted by Gasteiger charge is -2.23. The monoisotopic (exact) mass is 336 g/mol. The fourth-order valence-electron chi connectivity index (χ4n) is 2.32. The topological polar surface area (TPSA) is 66.5 Å². The molecule has 0 unspecified atom stereocenters. The maximum atomic E-state index is 11.9. The first-order chi connectivity index (χ1) is 10.7. The Bertz CT molecular complexity index is 691. The Hall–Kier alpha value is -1.82. The van der Waals surface area contributed by atoms with E-state index in [1.807, 2.05) is 32.9 Å². The van der Waals surface area contributed by atoms with E-state index in [9.17, 15) is 13.2 Å². The quantitative estimate of drug-likeness (QED) is 0.840. The Balaban J connectivity index is 2.03. The maximum absolute atomic E-state index is 11.9. The minimum absolute atomic E-state index is 0.136. The van der Waals surface area contributed by atoms with E-state index in [1.54, 1.807) is 18.2 Å². The summed E-state index contributed by atoms with van der Waals surface area (Å²) in [7, 11) is -3.15. The normalized spacial score (nSPS) is 17.6. The molecule has 1 amide bonds. The Kier molecular flexibility index (Phi) is 5.14. The third-order valence-electron chi connectivity index (χ3n) is 4.05. The molecule has 6 heteroatoms. The van der Waals surface area contributed by atoms with E-state index in [2.05, 4.69) is 5.32 Å². The molecule has 1 fully saturated rings. The first kappa shape index (κ1) is 17.5. The molecule has 1 N–H and O–H groups in total. The molecule has 0 spiro atoms. The van der Waals surface area contributed by atoms with Crippen molar-refractivity contribution in [3.8, 4) is 0 Å². The maximum Gasteiger partial charge on any atom is 0.244 e. The first-order valence-corrected chi connectivity index (χ1v) is 9.45. The summed E-state index contributed by atoms with van der Waals surface area (Å²) in [6.07, 6.45) is 4.74. The average molecular weight is 336 g/mol. The molecular formula is C17H24N2O3S. The second-order valence-electron chi connectivity index (χ2n) is 6.39. The molecule has 0 aromatic heterocycles. The van der Waals surface area contributed by atoms with Crippen LogP contribution in [0.15, 0.2) is 30.3 Å². The van der Waals surface area contributed by atoms with Crippen LogP contribution in [0.5, 0.6) is 0 Å². The summed E-state index contributed by atoms with van der Waals surface area (Å²) in [5.74, 6) is 0.0743. The summed E-state index contributed by atoms with van der Waals surface area (Å²) in [4.78, 5) is 11.9. The molecule has 0 aliphatic carbocycles. The molecule has 0 radical (unpaired) electrons. The molecule has 1 aromatic rings. The average Bonchev–Trinajstić information content (AvgIpc) is 2.85. The zero-order valence-corrected chi connectivity index (χ0v) is 14.7. The molecule has 1 aliphatic rings. The van der Waals surface area contributed by atoms with Gasteiger partial charge in [-0.3, -0.25) is 9.10 Å². The number of nitrogens with zero attached hydrogens (tertiary/aromatic N) is 1. The van der Waals surface area contributed by atoms with E-state index in [1.165, 1.54) is 10.4 Å². The number of rotatable bonds is 5. The van der Waals surface area contributed by atoms with Crippen molar-refractivity contribution in [3.63, 3.8) is 0 Å². The van der Waals surface area contributed by atoms with Gasteiger partial charge in [-0.25, -0.2) is 8.42 Å². The minimum Gasteiger partial charge on any atom is -0.348 e. The second-order valence-corrected chi connectivity index (χ2v) is 8.41. The number of nitrogens with one attached hydrogen (secondary N) is 1. The Morgan fingerprint density at radius 3 is 2.48 bits per heavy atom. The predicted octanol–water partition coefficient (Wildman–Crippen LogP) is 2.54. The smallest absolute Gasteiger partial charge is 0.244 e. The van der Waals surface area contributed by atoms with Crippen LogP contribution in [0.3, 0.4) is 0 Å². The van der Waals surface area contributed by atoms with Crippen LogP contribution in [-0.4, -0.2) is 32.2 Å². The van der Waals surface area contributed by atoms with Gasteiger partial charge in [-0.15, -0.1) is 0 Å². The van der Waals surface area contributed by atoms with Crippen molar-refractivity contribution >= 4 is 27.7 Å². The third kappa shape index (κ3) is 4.58. The molecule has 5 nitrogen and oxygen atoms in total. The Morgan fingerprint density at radius 1 is 1.30 bits per heavy atom. The molecule has 1 aliphatic heterocycles. The van der Waals surface area contributed by atoms with Gasteiger partial charge in [-0.05, 0) is 50.5 Å². The number of carbonyl (C=O) groups excluding carboxylic acids is 1. The summed E-state index contributed by atoms with van der Waals surface area (Å²) in [5, 5.41) is 2.93. The molecule has 1 heterocycles. The van der Waals surface area contributed by atoms with Crippen LogP contribution in [0.2, 0.25) is 0 Å². The SMILES string of the molecule is CCC(C)(C)NC(=O)/C=C/c1ccc(N2CCCS2(=O)=O)cc1. The van der Waals surface area contributed by atoms with Gasteiger partial charge in [0.05, 0.1) is 11.4 Å². The van der Waals surface area contributed by atoms with Gasteiger partial charge in [-0.2, -0.15) is 0 Å². The lowest BCUT2D eigenvalue weighted by molar-refractivity contribution is -0.117. The second kappa shape index (κ2) is 6.74. The highest BCUT2D eigenvalue weighted by Crippen LogP contribution is 2.24. The Labute approximate surface area is 138 Å². The van der Waals surface area contributed by atoms with Crippen molar-refractivity contribution < 1.29 is 13.2 Å². The highest BCUT2D eigenvalue weighted by molar-refractivity contribution is 7.93. The van der Waals surface area contributed by atoms with Crippen LogP contribution in [-0.2, 0) is 14.8 Å². The lowest BCUT2D eigenvalue weighted by Crippen LogP contribution is -2.41. The van der Waals surface area contributed by atoms with E-state index in [-0.39, 0.29) is 17.2 Å². The van der Waals surface area contributed by atoms with Crippen molar-refractivity contribution in [2.45, 2.75) is 39.2 Å². The zero-order valence-electron chi connectivity index (χ0n) is 13.9. The minimum atomic E-state index is -3.15. The molecule has 0 bridgehead atoms. The molecular weight excluding hydrogens is 312 g/mol. The molecule has 23 heavy (non-hydrogen) atoms. The van der Waals surface area contributed by atoms with Crippen LogP contribution >= 0.6 is 0 Å². The fourth-order valence-corrected chi connectivity index (χ4v) is 3.88. The fraction of sp³-hybridized carbons (Fsp3) is 0.471. The molecule has 2 rings (SSSR count). The van der Waals surface area contributed by atoms with Gasteiger partial charge in [0.2, 0.25) is 15.9 Å². The number of carbonyl (C=O) groups is 1. The predicted molar refractivity (Wildman–Crippen MR) is 93.7 cm³/mol. The number of amides is 1. The van der Waals surface area contributed by atoms with Crippen LogP contribution in [0, 0.1) is 0 Å². The van der Waals surface area contributed by atoms with E-state index in [0.29, 0.717) is 18.7 Å². The summed E-state index contributed by atoms with van der Waals surface area (Å²) < 4.78 is 25.2. The highest BCUT2D eigenvalue weighted by Gasteiger charge is 2.28. The molecule has 0 saturated carbocycles. The number of hydrogen-bond donors (Lipinski definition) is 1. The van der Waals surface area contributed by atoms with E-state index in [0.717, 1.165) is 12.0 Å². The number of sulfonamides is 1. The third-order valence-corrected chi connectivity index (χ3v) is 5.92. The van der Waals surface area contributed by atoms with Gasteiger partial charge in [0.15, 0.2) is 0 Å². The van der Waals surface area contributed by atoms with Crippen LogP contribution in [0.4, 0.5) is 5.69 Å².